The first-order valence-corrected chi connectivity index (χ1v) is 11.4. The maximum absolute atomic E-state index is 12.8. The summed E-state index contributed by atoms with van der Waals surface area (Å²) in [5, 5.41) is 4.43. The molecule has 0 aliphatic heterocycles. The van der Waals surface area contributed by atoms with E-state index in [-0.39, 0.29) is 5.56 Å². The zero-order valence-electron chi connectivity index (χ0n) is 18.0. The summed E-state index contributed by atoms with van der Waals surface area (Å²) in [6.45, 7) is 8.98. The molecule has 0 amide bonds. The molecule has 7 heteroatoms. The maximum atomic E-state index is 12.8. The summed E-state index contributed by atoms with van der Waals surface area (Å²) in [7, 11) is 0. The minimum absolute atomic E-state index is 0.144. The van der Waals surface area contributed by atoms with Crippen LogP contribution in [0.15, 0.2) is 53.3 Å². The average Bonchev–Trinajstić information content (AvgIpc) is 3.34. The Labute approximate surface area is 185 Å². The molecule has 0 radical (unpaired) electrons. The minimum atomic E-state index is -0.144. The Hall–Kier alpha value is -3.19. The van der Waals surface area contributed by atoms with Crippen LogP contribution in [0.3, 0.4) is 0 Å². The van der Waals surface area contributed by atoms with Crippen LogP contribution >= 0.6 is 11.3 Å². The smallest absolute Gasteiger partial charge is 0.291 e. The summed E-state index contributed by atoms with van der Waals surface area (Å²) in [4.78, 5) is 20.3. The maximum Gasteiger partial charge on any atom is 0.291 e. The summed E-state index contributed by atoms with van der Waals surface area (Å²) >= 11 is 1.35. The molecule has 0 saturated heterocycles. The second-order valence-corrected chi connectivity index (χ2v) is 8.19. The Kier molecular flexibility index (Phi) is 6.32. The highest BCUT2D eigenvalue weighted by atomic mass is 32.1. The summed E-state index contributed by atoms with van der Waals surface area (Å²) in [5.74, 6) is 1.36. The molecule has 0 aliphatic carbocycles. The molecule has 0 aliphatic rings. The number of anilines is 1. The molecular formula is C24H26N4O2S. The van der Waals surface area contributed by atoms with Gasteiger partial charge in [0.05, 0.1) is 11.1 Å². The molecule has 31 heavy (non-hydrogen) atoms. The van der Waals surface area contributed by atoms with E-state index in [9.17, 15) is 4.79 Å². The molecule has 4 aromatic rings. The van der Waals surface area contributed by atoms with E-state index in [1.54, 1.807) is 0 Å². The lowest BCUT2D eigenvalue weighted by atomic mass is 10.2. The van der Waals surface area contributed by atoms with Crippen molar-refractivity contribution in [1.82, 2.24) is 14.6 Å². The molecule has 0 unspecified atom stereocenters. The molecular weight excluding hydrogens is 408 g/mol. The lowest BCUT2D eigenvalue weighted by Crippen LogP contribution is -2.23. The van der Waals surface area contributed by atoms with Gasteiger partial charge in [0, 0.05) is 24.3 Å². The van der Waals surface area contributed by atoms with E-state index in [0.717, 1.165) is 36.4 Å². The first-order valence-electron chi connectivity index (χ1n) is 10.6. The number of thiazole rings is 1. The van der Waals surface area contributed by atoms with Gasteiger partial charge in [0.15, 0.2) is 5.82 Å². The van der Waals surface area contributed by atoms with Crippen LogP contribution < -0.4 is 19.7 Å². The Balaban J connectivity index is 1.59. The standard InChI is InChI=1S/C24H26N4O2S/c1-4-15-30-20-13-9-18(10-14-20)22-25-24-28(26-22)23(29)21(31-24)16-17-7-11-19(12-8-17)27(5-2)6-3/h7-14,16H,4-6,15H2,1-3H3/b21-16-. The van der Waals surface area contributed by atoms with Crippen LogP contribution in [-0.4, -0.2) is 34.3 Å². The molecule has 0 spiro atoms. The van der Waals surface area contributed by atoms with Gasteiger partial charge in [0.2, 0.25) is 4.96 Å². The molecule has 0 saturated carbocycles. The summed E-state index contributed by atoms with van der Waals surface area (Å²) in [6, 6.07) is 15.9. The Morgan fingerprint density at radius 1 is 1.03 bits per heavy atom. The molecule has 0 atom stereocenters. The van der Waals surface area contributed by atoms with E-state index < -0.39 is 0 Å². The number of benzene rings is 2. The molecule has 0 N–H and O–H groups in total. The van der Waals surface area contributed by atoms with Gasteiger partial charge in [-0.1, -0.05) is 30.4 Å². The summed E-state index contributed by atoms with van der Waals surface area (Å²) in [6.07, 6.45) is 2.86. The average molecular weight is 435 g/mol. The van der Waals surface area contributed by atoms with Gasteiger partial charge in [-0.05, 0) is 68.3 Å². The van der Waals surface area contributed by atoms with E-state index in [0.29, 0.717) is 21.9 Å². The highest BCUT2D eigenvalue weighted by Crippen LogP contribution is 2.21. The van der Waals surface area contributed by atoms with Crippen LogP contribution in [0.4, 0.5) is 5.69 Å². The predicted molar refractivity (Wildman–Crippen MR) is 127 cm³/mol. The Morgan fingerprint density at radius 2 is 1.74 bits per heavy atom. The highest BCUT2D eigenvalue weighted by Gasteiger charge is 2.12. The van der Waals surface area contributed by atoms with Crippen LogP contribution in [-0.2, 0) is 0 Å². The van der Waals surface area contributed by atoms with Crippen LogP contribution in [0, 0.1) is 0 Å². The molecule has 2 aromatic carbocycles. The fraction of sp³-hybridized carbons (Fsp3) is 0.292. The number of nitrogens with zero attached hydrogens (tertiary/aromatic N) is 4. The van der Waals surface area contributed by atoms with Crippen LogP contribution in [0.1, 0.15) is 32.8 Å². The van der Waals surface area contributed by atoms with Gasteiger partial charge in [0.1, 0.15) is 5.75 Å². The number of fused-ring (bicyclic) bond motifs is 1. The first-order chi connectivity index (χ1) is 15.1. The van der Waals surface area contributed by atoms with Crippen molar-refractivity contribution in [2.75, 3.05) is 24.6 Å². The van der Waals surface area contributed by atoms with Crippen molar-refractivity contribution in [2.45, 2.75) is 27.2 Å². The lowest BCUT2D eigenvalue weighted by Gasteiger charge is -2.20. The zero-order chi connectivity index (χ0) is 21.8. The fourth-order valence-electron chi connectivity index (χ4n) is 3.40. The van der Waals surface area contributed by atoms with Crippen LogP contribution in [0.2, 0.25) is 0 Å². The summed E-state index contributed by atoms with van der Waals surface area (Å²) in [5.41, 5.74) is 2.88. The van der Waals surface area contributed by atoms with E-state index in [4.69, 9.17) is 4.74 Å². The number of hydrogen-bond donors (Lipinski definition) is 0. The molecule has 2 heterocycles. The van der Waals surface area contributed by atoms with Gasteiger partial charge in [0.25, 0.3) is 5.56 Å². The minimum Gasteiger partial charge on any atom is -0.494 e. The van der Waals surface area contributed by atoms with Gasteiger partial charge >= 0.3 is 0 Å². The molecule has 2 aromatic heterocycles. The van der Waals surface area contributed by atoms with Gasteiger partial charge in [-0.25, -0.2) is 0 Å². The second kappa shape index (κ2) is 9.31. The molecule has 0 fully saturated rings. The summed E-state index contributed by atoms with van der Waals surface area (Å²) < 4.78 is 7.63. The van der Waals surface area contributed by atoms with Crippen molar-refractivity contribution in [3.05, 3.63) is 69.0 Å². The largest absolute Gasteiger partial charge is 0.494 e. The van der Waals surface area contributed by atoms with Crippen molar-refractivity contribution < 1.29 is 4.74 Å². The van der Waals surface area contributed by atoms with Gasteiger partial charge < -0.3 is 9.64 Å². The van der Waals surface area contributed by atoms with Gasteiger partial charge in [-0.2, -0.15) is 9.50 Å². The Bertz CT molecular complexity index is 1260. The van der Waals surface area contributed by atoms with E-state index in [1.807, 2.05) is 42.5 Å². The predicted octanol–water partition coefficient (Wildman–Crippen LogP) is 4.00. The fourth-order valence-corrected chi connectivity index (χ4v) is 4.31. The number of aromatic nitrogens is 3. The number of ether oxygens (including phenoxy) is 1. The van der Waals surface area contributed by atoms with Crippen molar-refractivity contribution in [1.29, 1.82) is 0 Å². The third kappa shape index (κ3) is 4.46. The second-order valence-electron chi connectivity index (χ2n) is 7.18. The van der Waals surface area contributed by atoms with E-state index in [2.05, 4.69) is 47.9 Å². The lowest BCUT2D eigenvalue weighted by molar-refractivity contribution is 0.317. The SMILES string of the molecule is CCCOc1ccc(-c2nc3s/c(=C\c4ccc(N(CC)CC)cc4)c(=O)n3n2)cc1. The first kappa shape index (κ1) is 21.1. The van der Waals surface area contributed by atoms with E-state index in [1.165, 1.54) is 21.5 Å². The number of rotatable bonds is 8. The molecule has 160 valence electrons. The molecule has 4 rings (SSSR count). The third-order valence-corrected chi connectivity index (χ3v) is 6.05. The quantitative estimate of drug-likeness (QED) is 0.420. The third-order valence-electron chi connectivity index (χ3n) is 5.09. The van der Waals surface area contributed by atoms with Crippen LogP contribution in [0.25, 0.3) is 22.4 Å². The Morgan fingerprint density at radius 3 is 2.35 bits per heavy atom. The van der Waals surface area contributed by atoms with Crippen molar-refractivity contribution >= 4 is 28.1 Å². The van der Waals surface area contributed by atoms with Gasteiger partial charge in [-0.3, -0.25) is 4.79 Å². The number of hydrogen-bond acceptors (Lipinski definition) is 6. The van der Waals surface area contributed by atoms with Gasteiger partial charge in [-0.15, -0.1) is 5.10 Å². The van der Waals surface area contributed by atoms with Crippen molar-refractivity contribution in [3.63, 3.8) is 0 Å². The molecule has 0 bridgehead atoms. The molecule has 6 nitrogen and oxygen atoms in total. The van der Waals surface area contributed by atoms with E-state index >= 15 is 0 Å². The van der Waals surface area contributed by atoms with Crippen molar-refractivity contribution in [3.8, 4) is 17.1 Å². The topological polar surface area (TPSA) is 59.7 Å². The normalized spacial score (nSPS) is 11.9. The highest BCUT2D eigenvalue weighted by molar-refractivity contribution is 7.15. The van der Waals surface area contributed by atoms with Crippen LogP contribution in [0.5, 0.6) is 5.75 Å². The monoisotopic (exact) mass is 434 g/mol. The zero-order valence-corrected chi connectivity index (χ0v) is 18.9. The van der Waals surface area contributed by atoms with Crippen molar-refractivity contribution in [2.24, 2.45) is 0 Å².